The average Bonchev–Trinajstić information content (AvgIpc) is 3.24. The third kappa shape index (κ3) is 3.54. The molecule has 0 unspecified atom stereocenters. The van der Waals surface area contributed by atoms with Gasteiger partial charge in [-0.3, -0.25) is 14.6 Å². The van der Waals surface area contributed by atoms with Gasteiger partial charge in [0.05, 0.1) is 5.56 Å². The summed E-state index contributed by atoms with van der Waals surface area (Å²) in [4.78, 5) is 36.0. The van der Waals surface area contributed by atoms with Crippen molar-refractivity contribution >= 4 is 17.6 Å². The van der Waals surface area contributed by atoms with Crippen LogP contribution in [-0.2, 0) is 0 Å². The molecule has 2 amide bonds. The van der Waals surface area contributed by atoms with Crippen LogP contribution in [0.1, 0.15) is 20.8 Å². The number of hydrogen-bond donors (Lipinski definition) is 1. The Hall–Kier alpha value is -3.75. The Morgan fingerprint density at radius 3 is 2.54 bits per heavy atom. The van der Waals surface area contributed by atoms with Crippen molar-refractivity contribution in [3.05, 3.63) is 60.2 Å². The summed E-state index contributed by atoms with van der Waals surface area (Å²) in [6.07, 6.45) is 4.79. The van der Waals surface area contributed by atoms with Crippen LogP contribution in [0.2, 0.25) is 0 Å². The first-order chi connectivity index (χ1) is 13.6. The fourth-order valence-electron chi connectivity index (χ4n) is 3.04. The molecule has 0 bridgehead atoms. The molecule has 1 fully saturated rings. The molecule has 9 heteroatoms. The summed E-state index contributed by atoms with van der Waals surface area (Å²) < 4.78 is 5.29. The van der Waals surface area contributed by atoms with Crippen LogP contribution in [0.4, 0.5) is 5.82 Å². The van der Waals surface area contributed by atoms with E-state index in [-0.39, 0.29) is 11.6 Å². The number of pyridine rings is 2. The van der Waals surface area contributed by atoms with Gasteiger partial charge in [-0.2, -0.15) is 0 Å². The largest absolute Gasteiger partial charge is 0.366 e. The average molecular weight is 378 g/mol. The van der Waals surface area contributed by atoms with E-state index in [9.17, 15) is 9.59 Å². The quantitative estimate of drug-likeness (QED) is 0.724. The molecule has 142 valence electrons. The van der Waals surface area contributed by atoms with Crippen molar-refractivity contribution in [2.45, 2.75) is 0 Å². The van der Waals surface area contributed by atoms with Crippen LogP contribution in [-0.4, -0.2) is 58.0 Å². The van der Waals surface area contributed by atoms with Gasteiger partial charge in [0.2, 0.25) is 5.91 Å². The molecule has 28 heavy (non-hydrogen) atoms. The zero-order valence-corrected chi connectivity index (χ0v) is 15.0. The van der Waals surface area contributed by atoms with Gasteiger partial charge in [-0.05, 0) is 24.3 Å². The summed E-state index contributed by atoms with van der Waals surface area (Å²) in [6, 6.07) is 8.68. The maximum Gasteiger partial charge on any atom is 0.276 e. The molecule has 3 aromatic rings. The summed E-state index contributed by atoms with van der Waals surface area (Å²) in [5, 5.41) is 3.91. The van der Waals surface area contributed by atoms with Crippen LogP contribution < -0.4 is 10.6 Å². The van der Waals surface area contributed by atoms with Crippen molar-refractivity contribution in [2.75, 3.05) is 31.1 Å². The number of hydrogen-bond acceptors (Lipinski definition) is 7. The minimum Gasteiger partial charge on any atom is -0.366 e. The lowest BCUT2D eigenvalue weighted by atomic mass is 10.2. The first-order valence-corrected chi connectivity index (χ1v) is 8.79. The molecule has 0 saturated carbocycles. The topological polar surface area (TPSA) is 118 Å². The lowest BCUT2D eigenvalue weighted by Gasteiger charge is -2.35. The lowest BCUT2D eigenvalue weighted by molar-refractivity contribution is 0.0736. The molecule has 4 heterocycles. The van der Waals surface area contributed by atoms with Crippen molar-refractivity contribution in [2.24, 2.45) is 5.73 Å². The highest BCUT2D eigenvalue weighted by Crippen LogP contribution is 2.20. The number of amides is 2. The number of piperazine rings is 1. The highest BCUT2D eigenvalue weighted by Gasteiger charge is 2.25. The normalized spacial score (nSPS) is 14.1. The van der Waals surface area contributed by atoms with Crippen LogP contribution in [0.15, 0.2) is 53.4 Å². The highest BCUT2D eigenvalue weighted by molar-refractivity contribution is 5.93. The highest BCUT2D eigenvalue weighted by atomic mass is 16.5. The number of anilines is 1. The van der Waals surface area contributed by atoms with Gasteiger partial charge in [-0.25, -0.2) is 4.98 Å². The third-order valence-electron chi connectivity index (χ3n) is 4.60. The number of carbonyl (C=O) groups is 2. The van der Waals surface area contributed by atoms with Crippen LogP contribution in [0.5, 0.6) is 0 Å². The molecule has 9 nitrogen and oxygen atoms in total. The maximum atomic E-state index is 12.7. The Morgan fingerprint density at radius 2 is 1.89 bits per heavy atom. The summed E-state index contributed by atoms with van der Waals surface area (Å²) in [5.41, 5.74) is 6.64. The molecule has 4 rings (SSSR count). The monoisotopic (exact) mass is 378 g/mol. The minimum atomic E-state index is -0.507. The zero-order valence-electron chi connectivity index (χ0n) is 15.0. The maximum absolute atomic E-state index is 12.7. The fraction of sp³-hybridized carbons (Fsp3) is 0.211. The molecule has 0 radical (unpaired) electrons. The second kappa shape index (κ2) is 7.47. The van der Waals surface area contributed by atoms with Crippen molar-refractivity contribution in [3.8, 4) is 11.3 Å². The molecule has 0 aromatic carbocycles. The van der Waals surface area contributed by atoms with E-state index < -0.39 is 5.91 Å². The summed E-state index contributed by atoms with van der Waals surface area (Å²) in [5.74, 6) is 0.578. The number of primary amides is 1. The number of carbonyl (C=O) groups excluding carboxylic acids is 2. The Labute approximate surface area is 160 Å². The standard InChI is InChI=1S/C19H18N6O3/c20-18(26)14-3-4-17(22-12-14)24-6-8-25(9-7-24)19(27)15-10-16(28-23-15)13-2-1-5-21-11-13/h1-5,10-12H,6-9H2,(H2,20,26). The van der Waals surface area contributed by atoms with Gasteiger partial charge in [0, 0.05) is 56.4 Å². The van der Waals surface area contributed by atoms with E-state index in [4.69, 9.17) is 10.3 Å². The Balaban J connectivity index is 1.39. The van der Waals surface area contributed by atoms with Crippen LogP contribution in [0.3, 0.4) is 0 Å². The summed E-state index contributed by atoms with van der Waals surface area (Å²) in [6.45, 7) is 2.32. The molecular weight excluding hydrogens is 360 g/mol. The SMILES string of the molecule is NC(=O)c1ccc(N2CCN(C(=O)c3cc(-c4cccnc4)on3)CC2)nc1. The van der Waals surface area contributed by atoms with E-state index in [1.165, 1.54) is 6.20 Å². The van der Waals surface area contributed by atoms with Gasteiger partial charge < -0.3 is 20.1 Å². The molecule has 0 spiro atoms. The van der Waals surface area contributed by atoms with Crippen LogP contribution in [0, 0.1) is 0 Å². The second-order valence-corrected chi connectivity index (χ2v) is 6.37. The first-order valence-electron chi connectivity index (χ1n) is 8.79. The molecule has 1 saturated heterocycles. The van der Waals surface area contributed by atoms with Crippen molar-refractivity contribution in [1.29, 1.82) is 0 Å². The molecule has 0 aliphatic carbocycles. The molecular formula is C19H18N6O3. The van der Waals surface area contributed by atoms with E-state index in [0.29, 0.717) is 37.5 Å². The van der Waals surface area contributed by atoms with Crippen molar-refractivity contribution in [1.82, 2.24) is 20.0 Å². The summed E-state index contributed by atoms with van der Waals surface area (Å²) >= 11 is 0. The van der Waals surface area contributed by atoms with E-state index >= 15 is 0 Å². The number of nitrogens with zero attached hydrogens (tertiary/aromatic N) is 5. The zero-order chi connectivity index (χ0) is 19.5. The van der Waals surface area contributed by atoms with Gasteiger partial charge in [-0.1, -0.05) is 5.16 Å². The fourth-order valence-corrected chi connectivity index (χ4v) is 3.04. The Kier molecular flexibility index (Phi) is 4.71. The molecule has 1 aliphatic heterocycles. The smallest absolute Gasteiger partial charge is 0.276 e. The number of rotatable bonds is 4. The van der Waals surface area contributed by atoms with Crippen molar-refractivity contribution < 1.29 is 14.1 Å². The van der Waals surface area contributed by atoms with Gasteiger partial charge in [0.1, 0.15) is 5.82 Å². The predicted octanol–water partition coefficient (Wildman–Crippen LogP) is 1.19. The van der Waals surface area contributed by atoms with E-state index in [0.717, 1.165) is 11.4 Å². The Morgan fingerprint density at radius 1 is 1.07 bits per heavy atom. The van der Waals surface area contributed by atoms with Crippen LogP contribution in [0.25, 0.3) is 11.3 Å². The van der Waals surface area contributed by atoms with Gasteiger partial charge in [-0.15, -0.1) is 0 Å². The van der Waals surface area contributed by atoms with Gasteiger partial charge in [0.15, 0.2) is 11.5 Å². The first kappa shape index (κ1) is 17.7. The predicted molar refractivity (Wildman–Crippen MR) is 101 cm³/mol. The number of aromatic nitrogens is 3. The molecule has 2 N–H and O–H groups in total. The molecule has 0 atom stereocenters. The van der Waals surface area contributed by atoms with E-state index in [1.807, 2.05) is 6.07 Å². The van der Waals surface area contributed by atoms with Gasteiger partial charge >= 0.3 is 0 Å². The van der Waals surface area contributed by atoms with Gasteiger partial charge in [0.25, 0.3) is 5.91 Å². The number of nitrogens with two attached hydrogens (primary N) is 1. The second-order valence-electron chi connectivity index (χ2n) is 6.37. The van der Waals surface area contributed by atoms with Crippen LogP contribution >= 0.6 is 0 Å². The molecule has 1 aliphatic rings. The Bertz CT molecular complexity index is 978. The lowest BCUT2D eigenvalue weighted by Crippen LogP contribution is -2.49. The summed E-state index contributed by atoms with van der Waals surface area (Å²) in [7, 11) is 0. The van der Waals surface area contributed by atoms with E-state index in [2.05, 4.69) is 20.0 Å². The van der Waals surface area contributed by atoms with Crippen molar-refractivity contribution in [3.63, 3.8) is 0 Å². The third-order valence-corrected chi connectivity index (χ3v) is 4.60. The minimum absolute atomic E-state index is 0.171. The molecule has 3 aromatic heterocycles. The van der Waals surface area contributed by atoms with E-state index in [1.54, 1.807) is 41.6 Å².